The highest BCUT2D eigenvalue weighted by Crippen LogP contribution is 2.27. The molecule has 0 aliphatic carbocycles. The Morgan fingerprint density at radius 1 is 0.857 bits per heavy atom. The van der Waals surface area contributed by atoms with E-state index < -0.39 is 5.97 Å². The van der Waals surface area contributed by atoms with E-state index in [-0.39, 0.29) is 18.1 Å². The van der Waals surface area contributed by atoms with Crippen LogP contribution in [0.4, 0.5) is 0 Å². The SMILES string of the molecule is CC(C)(CO)CCCN(Cc1ccc(C(=O)O)cc1)CC(OCc1ccc(CCc2ccccc2)s1)c1ccccc1. The number of hydrogen-bond donors (Lipinski definition) is 2. The summed E-state index contributed by atoms with van der Waals surface area (Å²) >= 11 is 1.82. The summed E-state index contributed by atoms with van der Waals surface area (Å²) < 4.78 is 6.63. The van der Waals surface area contributed by atoms with Gasteiger partial charge in [-0.3, -0.25) is 4.90 Å². The first-order valence-corrected chi connectivity index (χ1v) is 15.6. The lowest BCUT2D eigenvalue weighted by atomic mass is 9.89. The van der Waals surface area contributed by atoms with Crippen molar-refractivity contribution in [1.29, 1.82) is 0 Å². The molecule has 6 heteroatoms. The van der Waals surface area contributed by atoms with Crippen LogP contribution in [0.1, 0.15) is 69.6 Å². The number of aliphatic hydroxyl groups excluding tert-OH is 1. The largest absolute Gasteiger partial charge is 0.478 e. The molecule has 0 bridgehead atoms. The van der Waals surface area contributed by atoms with Crippen molar-refractivity contribution in [3.63, 3.8) is 0 Å². The van der Waals surface area contributed by atoms with Crippen LogP contribution in [0, 0.1) is 5.41 Å². The first-order valence-electron chi connectivity index (χ1n) is 14.7. The minimum absolute atomic E-state index is 0.120. The van der Waals surface area contributed by atoms with E-state index >= 15 is 0 Å². The summed E-state index contributed by atoms with van der Waals surface area (Å²) in [6.07, 6.45) is 3.79. The molecule has 4 aromatic rings. The predicted molar refractivity (Wildman–Crippen MR) is 171 cm³/mol. The zero-order valence-corrected chi connectivity index (χ0v) is 25.6. The molecule has 1 unspecified atom stereocenters. The highest BCUT2D eigenvalue weighted by Gasteiger charge is 2.21. The van der Waals surface area contributed by atoms with Crippen LogP contribution in [-0.2, 0) is 30.7 Å². The van der Waals surface area contributed by atoms with Gasteiger partial charge in [-0.25, -0.2) is 4.79 Å². The number of carboxylic acid groups (broad SMARTS) is 1. The van der Waals surface area contributed by atoms with Gasteiger partial charge in [0.15, 0.2) is 0 Å². The van der Waals surface area contributed by atoms with Crippen LogP contribution in [-0.4, -0.2) is 40.8 Å². The van der Waals surface area contributed by atoms with Gasteiger partial charge in [-0.15, -0.1) is 11.3 Å². The molecule has 222 valence electrons. The van der Waals surface area contributed by atoms with Crippen LogP contribution >= 0.6 is 11.3 Å². The van der Waals surface area contributed by atoms with Crippen molar-refractivity contribution in [1.82, 2.24) is 4.90 Å². The lowest BCUT2D eigenvalue weighted by Gasteiger charge is -2.29. The van der Waals surface area contributed by atoms with Gasteiger partial charge in [0.1, 0.15) is 0 Å². The van der Waals surface area contributed by atoms with Crippen LogP contribution < -0.4 is 0 Å². The lowest BCUT2D eigenvalue weighted by molar-refractivity contribution is 0.0119. The van der Waals surface area contributed by atoms with Gasteiger partial charge in [-0.2, -0.15) is 0 Å². The average molecular weight is 586 g/mol. The third-order valence-corrected chi connectivity index (χ3v) is 8.72. The van der Waals surface area contributed by atoms with Crippen molar-refractivity contribution in [2.24, 2.45) is 5.41 Å². The number of carbonyl (C=O) groups is 1. The molecule has 42 heavy (non-hydrogen) atoms. The van der Waals surface area contributed by atoms with Crippen LogP contribution in [0.3, 0.4) is 0 Å². The summed E-state index contributed by atoms with van der Waals surface area (Å²) in [5.74, 6) is -0.918. The molecule has 0 saturated heterocycles. The number of hydrogen-bond acceptors (Lipinski definition) is 5. The quantitative estimate of drug-likeness (QED) is 0.132. The minimum atomic E-state index is -0.918. The Hall–Kier alpha value is -3.29. The highest BCUT2D eigenvalue weighted by atomic mass is 32.1. The summed E-state index contributed by atoms with van der Waals surface area (Å²) in [5.41, 5.74) is 3.73. The van der Waals surface area contributed by atoms with E-state index in [1.807, 2.05) is 29.5 Å². The van der Waals surface area contributed by atoms with Gasteiger partial charge < -0.3 is 14.9 Å². The van der Waals surface area contributed by atoms with Crippen molar-refractivity contribution in [3.05, 3.63) is 129 Å². The van der Waals surface area contributed by atoms with E-state index in [4.69, 9.17) is 4.74 Å². The third-order valence-electron chi connectivity index (χ3n) is 7.61. The van der Waals surface area contributed by atoms with Gasteiger partial charge in [0, 0.05) is 29.5 Å². The number of aryl methyl sites for hydroxylation is 2. The van der Waals surface area contributed by atoms with Gasteiger partial charge >= 0.3 is 5.97 Å². The predicted octanol–water partition coefficient (Wildman–Crippen LogP) is 7.79. The second kappa shape index (κ2) is 15.8. The molecule has 0 spiro atoms. The van der Waals surface area contributed by atoms with Gasteiger partial charge in [0.25, 0.3) is 0 Å². The van der Waals surface area contributed by atoms with E-state index in [0.29, 0.717) is 25.3 Å². The topological polar surface area (TPSA) is 70.0 Å². The number of rotatable bonds is 17. The van der Waals surface area contributed by atoms with E-state index in [1.165, 1.54) is 15.3 Å². The molecule has 3 aromatic carbocycles. The fourth-order valence-electron chi connectivity index (χ4n) is 4.99. The van der Waals surface area contributed by atoms with Crippen molar-refractivity contribution >= 4 is 17.3 Å². The Morgan fingerprint density at radius 3 is 2.19 bits per heavy atom. The molecule has 5 nitrogen and oxygen atoms in total. The Bertz CT molecular complexity index is 1350. The lowest BCUT2D eigenvalue weighted by Crippen LogP contribution is -2.31. The number of benzene rings is 3. The second-order valence-electron chi connectivity index (χ2n) is 11.7. The summed E-state index contributed by atoms with van der Waals surface area (Å²) in [7, 11) is 0. The molecule has 0 aliphatic rings. The van der Waals surface area contributed by atoms with E-state index in [0.717, 1.165) is 43.4 Å². The van der Waals surface area contributed by atoms with Gasteiger partial charge in [-0.1, -0.05) is 86.6 Å². The highest BCUT2D eigenvalue weighted by molar-refractivity contribution is 7.11. The molecule has 0 aliphatic heterocycles. The van der Waals surface area contributed by atoms with Gasteiger partial charge in [0.2, 0.25) is 0 Å². The standard InChI is InChI=1S/C36H43NO4S/c1-36(2,27-38)22-9-23-37(24-29-14-17-31(18-15-29)35(39)40)25-34(30-12-7-4-8-13-30)41-26-33-21-20-32(42-33)19-16-28-10-5-3-6-11-28/h3-8,10-15,17-18,20-21,34,38H,9,16,19,22-27H2,1-2H3,(H,39,40). The second-order valence-corrected chi connectivity index (χ2v) is 13.0. The van der Waals surface area contributed by atoms with E-state index in [9.17, 15) is 15.0 Å². The molecular formula is C36H43NO4S. The third kappa shape index (κ3) is 10.2. The molecule has 0 amide bonds. The number of aliphatic hydroxyl groups is 1. The number of thiophene rings is 1. The fraction of sp³-hybridized carbons (Fsp3) is 0.361. The Morgan fingerprint density at radius 2 is 1.52 bits per heavy atom. The molecule has 1 aromatic heterocycles. The number of nitrogens with zero attached hydrogens (tertiary/aromatic N) is 1. The van der Waals surface area contributed by atoms with E-state index in [2.05, 4.69) is 85.5 Å². The maximum atomic E-state index is 11.3. The number of aromatic carboxylic acids is 1. The van der Waals surface area contributed by atoms with Gasteiger partial charge in [0.05, 0.1) is 18.3 Å². The van der Waals surface area contributed by atoms with Crippen molar-refractivity contribution in [3.8, 4) is 0 Å². The zero-order chi connectivity index (χ0) is 29.8. The summed E-state index contributed by atoms with van der Waals surface area (Å²) in [6.45, 7) is 7.13. The maximum absolute atomic E-state index is 11.3. The number of ether oxygens (including phenoxy) is 1. The monoisotopic (exact) mass is 585 g/mol. The maximum Gasteiger partial charge on any atom is 0.335 e. The van der Waals surface area contributed by atoms with Crippen LogP contribution in [0.25, 0.3) is 0 Å². The minimum Gasteiger partial charge on any atom is -0.478 e. The van der Waals surface area contributed by atoms with Crippen molar-refractivity contribution in [2.75, 3.05) is 19.7 Å². The Labute approximate surface area is 254 Å². The normalized spacial score (nSPS) is 12.5. The van der Waals surface area contributed by atoms with Crippen molar-refractivity contribution in [2.45, 2.75) is 58.8 Å². The van der Waals surface area contributed by atoms with E-state index in [1.54, 1.807) is 12.1 Å². The van der Waals surface area contributed by atoms with Crippen LogP contribution in [0.5, 0.6) is 0 Å². The Balaban J connectivity index is 1.44. The summed E-state index contributed by atoms with van der Waals surface area (Å²) in [5, 5.41) is 19.1. The molecule has 1 atom stereocenters. The molecule has 2 N–H and O–H groups in total. The smallest absolute Gasteiger partial charge is 0.335 e. The summed E-state index contributed by atoms with van der Waals surface area (Å²) in [4.78, 5) is 16.3. The van der Waals surface area contributed by atoms with Crippen molar-refractivity contribution < 1.29 is 19.7 Å². The molecule has 0 radical (unpaired) electrons. The molecule has 1 heterocycles. The molecule has 0 saturated carbocycles. The molecule has 4 rings (SSSR count). The average Bonchev–Trinajstić information content (AvgIpc) is 3.47. The molecular weight excluding hydrogens is 542 g/mol. The zero-order valence-electron chi connectivity index (χ0n) is 24.7. The number of carboxylic acids is 1. The first kappa shape index (κ1) is 31.6. The fourth-order valence-corrected chi connectivity index (χ4v) is 5.93. The van der Waals surface area contributed by atoms with Gasteiger partial charge in [-0.05, 0) is 78.6 Å². The van der Waals surface area contributed by atoms with Crippen LogP contribution in [0.2, 0.25) is 0 Å². The van der Waals surface area contributed by atoms with Crippen LogP contribution in [0.15, 0.2) is 97.1 Å². The summed E-state index contributed by atoms with van der Waals surface area (Å²) in [6, 6.07) is 32.5. The Kier molecular flexibility index (Phi) is 11.9. The molecule has 0 fully saturated rings. The first-order chi connectivity index (χ1) is 20.3.